The smallest absolute Gasteiger partial charge is 0.211 e. The topological polar surface area (TPSA) is 81.4 Å². The molecule has 4 heterocycles. The molecular weight excluding hydrogens is 394 g/mol. The van der Waals surface area contributed by atoms with Gasteiger partial charge in [0.2, 0.25) is 5.13 Å². The molecule has 0 unspecified atom stereocenters. The minimum atomic E-state index is 0.575. The number of pyridine rings is 2. The number of anilines is 2. The van der Waals surface area contributed by atoms with Crippen molar-refractivity contribution in [1.82, 2.24) is 29.9 Å². The maximum Gasteiger partial charge on any atom is 0.211 e. The van der Waals surface area contributed by atoms with Gasteiger partial charge in [0.25, 0.3) is 0 Å². The Morgan fingerprint density at radius 3 is 2.87 bits per heavy atom. The van der Waals surface area contributed by atoms with Gasteiger partial charge < -0.3 is 5.32 Å². The Labute approximate surface area is 179 Å². The molecule has 1 aliphatic carbocycles. The van der Waals surface area contributed by atoms with Crippen molar-refractivity contribution in [3.05, 3.63) is 41.3 Å². The number of hydrogen-bond acceptors (Lipinski definition) is 7. The highest BCUT2D eigenvalue weighted by atomic mass is 32.1. The van der Waals surface area contributed by atoms with E-state index in [2.05, 4.69) is 44.8 Å². The first-order chi connectivity index (χ1) is 14.7. The molecule has 1 saturated carbocycles. The number of nitrogens with zero attached hydrogens (tertiary/aromatic N) is 6. The van der Waals surface area contributed by atoms with Crippen LogP contribution in [0.25, 0.3) is 22.2 Å². The predicted molar refractivity (Wildman–Crippen MR) is 120 cm³/mol. The van der Waals surface area contributed by atoms with E-state index in [-0.39, 0.29) is 0 Å². The molecule has 0 saturated heterocycles. The van der Waals surface area contributed by atoms with Gasteiger partial charge in [-0.1, -0.05) is 37.5 Å². The fourth-order valence-corrected chi connectivity index (χ4v) is 5.07. The van der Waals surface area contributed by atoms with Crippen LogP contribution < -0.4 is 5.32 Å². The van der Waals surface area contributed by atoms with Gasteiger partial charge in [-0.15, -0.1) is 10.2 Å². The number of aromatic nitrogens is 6. The van der Waals surface area contributed by atoms with Gasteiger partial charge in [0.05, 0.1) is 16.7 Å². The zero-order valence-electron chi connectivity index (χ0n) is 17.3. The van der Waals surface area contributed by atoms with Gasteiger partial charge in [-0.25, -0.2) is 4.98 Å². The van der Waals surface area contributed by atoms with Crippen LogP contribution in [0, 0.1) is 0 Å². The first kappa shape index (κ1) is 19.1. The van der Waals surface area contributed by atoms with Crippen LogP contribution in [0.2, 0.25) is 0 Å². The summed E-state index contributed by atoms with van der Waals surface area (Å²) in [6.45, 7) is 2.17. The Balaban J connectivity index is 1.42. The third-order valence-corrected chi connectivity index (χ3v) is 6.62. The molecule has 0 spiro atoms. The fraction of sp³-hybridized carbons (Fsp3) is 0.409. The van der Waals surface area contributed by atoms with E-state index in [0.717, 1.165) is 56.7 Å². The molecule has 0 radical (unpaired) electrons. The van der Waals surface area contributed by atoms with Crippen LogP contribution in [-0.4, -0.2) is 29.9 Å². The van der Waals surface area contributed by atoms with Crippen molar-refractivity contribution in [1.29, 1.82) is 0 Å². The Morgan fingerprint density at radius 2 is 2.03 bits per heavy atom. The van der Waals surface area contributed by atoms with E-state index in [1.165, 1.54) is 25.7 Å². The summed E-state index contributed by atoms with van der Waals surface area (Å²) in [5.74, 6) is 1.33. The molecule has 1 N–H and O–H groups in total. The van der Waals surface area contributed by atoms with E-state index in [4.69, 9.17) is 4.98 Å². The number of hydrogen-bond donors (Lipinski definition) is 1. The van der Waals surface area contributed by atoms with E-state index in [1.54, 1.807) is 11.3 Å². The van der Waals surface area contributed by atoms with E-state index in [0.29, 0.717) is 5.92 Å². The maximum absolute atomic E-state index is 4.78. The quantitative estimate of drug-likeness (QED) is 0.460. The maximum atomic E-state index is 4.78. The molecule has 4 aromatic rings. The monoisotopic (exact) mass is 419 g/mol. The summed E-state index contributed by atoms with van der Waals surface area (Å²) < 4.78 is 1.87. The summed E-state index contributed by atoms with van der Waals surface area (Å²) in [5, 5.41) is 18.6. The third-order valence-electron chi connectivity index (χ3n) is 5.62. The van der Waals surface area contributed by atoms with Gasteiger partial charge in [0.1, 0.15) is 10.8 Å². The predicted octanol–water partition coefficient (Wildman–Crippen LogP) is 5.24. The zero-order chi connectivity index (χ0) is 20.5. The van der Waals surface area contributed by atoms with E-state index in [9.17, 15) is 0 Å². The highest BCUT2D eigenvalue weighted by Gasteiger charge is 2.21. The molecule has 0 atom stereocenters. The van der Waals surface area contributed by atoms with Gasteiger partial charge in [0, 0.05) is 36.5 Å². The van der Waals surface area contributed by atoms with E-state index >= 15 is 0 Å². The highest BCUT2D eigenvalue weighted by Crippen LogP contribution is 2.37. The SMILES string of the molecule is CCCc1nn(C)cc1-c1cnc2ccc(Nc3nnc(C4CCCC4)s3)nc2c1. The second-order valence-electron chi connectivity index (χ2n) is 7.92. The van der Waals surface area contributed by atoms with Crippen LogP contribution in [0.5, 0.6) is 0 Å². The van der Waals surface area contributed by atoms with Crippen LogP contribution >= 0.6 is 11.3 Å². The molecule has 0 aromatic carbocycles. The number of fused-ring (bicyclic) bond motifs is 1. The van der Waals surface area contributed by atoms with Crippen molar-refractivity contribution < 1.29 is 0 Å². The minimum absolute atomic E-state index is 0.575. The molecule has 4 aromatic heterocycles. The lowest BCUT2D eigenvalue weighted by Crippen LogP contribution is -1.95. The zero-order valence-corrected chi connectivity index (χ0v) is 18.1. The van der Waals surface area contributed by atoms with Crippen molar-refractivity contribution in [3.63, 3.8) is 0 Å². The minimum Gasteiger partial charge on any atom is -0.315 e. The number of rotatable bonds is 6. The molecule has 30 heavy (non-hydrogen) atoms. The Morgan fingerprint density at radius 1 is 1.17 bits per heavy atom. The molecular formula is C22H25N7S. The largest absolute Gasteiger partial charge is 0.315 e. The standard InChI is InChI=1S/C22H25N7S/c1-3-6-17-16(13-29(2)28-17)15-11-19-18(23-12-15)9-10-20(24-19)25-22-27-26-21(30-22)14-7-4-5-8-14/h9-14H,3-8H2,1-2H3,(H,24,25,27). The van der Waals surface area contributed by atoms with Crippen molar-refractivity contribution in [3.8, 4) is 11.1 Å². The summed E-state index contributed by atoms with van der Waals surface area (Å²) in [6, 6.07) is 6.02. The van der Waals surface area contributed by atoms with Crippen molar-refractivity contribution in [2.45, 2.75) is 51.4 Å². The second-order valence-corrected chi connectivity index (χ2v) is 8.93. The Bertz CT molecular complexity index is 1170. The fourth-order valence-electron chi connectivity index (χ4n) is 4.15. The highest BCUT2D eigenvalue weighted by molar-refractivity contribution is 7.15. The summed E-state index contributed by atoms with van der Waals surface area (Å²) >= 11 is 1.64. The first-order valence-electron chi connectivity index (χ1n) is 10.6. The summed E-state index contributed by atoms with van der Waals surface area (Å²) in [5.41, 5.74) is 4.99. The normalized spacial score (nSPS) is 14.6. The summed E-state index contributed by atoms with van der Waals surface area (Å²) in [4.78, 5) is 9.40. The number of nitrogens with one attached hydrogen (secondary N) is 1. The van der Waals surface area contributed by atoms with Crippen LogP contribution in [0.1, 0.15) is 55.6 Å². The van der Waals surface area contributed by atoms with Crippen LogP contribution in [0.4, 0.5) is 10.9 Å². The molecule has 0 aliphatic heterocycles. The van der Waals surface area contributed by atoms with Crippen LogP contribution in [0.3, 0.4) is 0 Å². The molecule has 1 fully saturated rings. The van der Waals surface area contributed by atoms with Crippen molar-refractivity contribution in [2.75, 3.05) is 5.32 Å². The van der Waals surface area contributed by atoms with Gasteiger partial charge in [-0.3, -0.25) is 9.67 Å². The second kappa shape index (κ2) is 8.10. The summed E-state index contributed by atoms with van der Waals surface area (Å²) in [6.07, 6.45) is 11.0. The van der Waals surface area contributed by atoms with Crippen molar-refractivity contribution in [2.24, 2.45) is 7.05 Å². The first-order valence-corrected chi connectivity index (χ1v) is 11.4. The molecule has 8 heteroatoms. The number of aryl methyl sites for hydroxylation is 2. The Hall–Kier alpha value is -2.87. The lowest BCUT2D eigenvalue weighted by Gasteiger charge is -2.06. The molecule has 154 valence electrons. The lowest BCUT2D eigenvalue weighted by atomic mass is 10.1. The Kier molecular flexibility index (Phi) is 5.16. The van der Waals surface area contributed by atoms with Gasteiger partial charge in [-0.05, 0) is 37.5 Å². The van der Waals surface area contributed by atoms with E-state index < -0.39 is 0 Å². The molecule has 1 aliphatic rings. The van der Waals surface area contributed by atoms with Crippen LogP contribution in [0.15, 0.2) is 30.6 Å². The lowest BCUT2D eigenvalue weighted by molar-refractivity contribution is 0.705. The van der Waals surface area contributed by atoms with E-state index in [1.807, 2.05) is 30.1 Å². The average Bonchev–Trinajstić information content (AvgIpc) is 3.49. The molecule has 0 bridgehead atoms. The van der Waals surface area contributed by atoms with Gasteiger partial charge in [-0.2, -0.15) is 5.10 Å². The van der Waals surface area contributed by atoms with Gasteiger partial charge in [0.15, 0.2) is 0 Å². The van der Waals surface area contributed by atoms with Gasteiger partial charge >= 0.3 is 0 Å². The molecule has 5 rings (SSSR count). The van der Waals surface area contributed by atoms with Crippen molar-refractivity contribution >= 4 is 33.3 Å². The average molecular weight is 420 g/mol. The molecule has 7 nitrogen and oxygen atoms in total. The van der Waals surface area contributed by atoms with Crippen LogP contribution in [-0.2, 0) is 13.5 Å². The summed E-state index contributed by atoms with van der Waals surface area (Å²) in [7, 11) is 1.96. The molecule has 0 amide bonds. The third kappa shape index (κ3) is 3.79.